The van der Waals surface area contributed by atoms with Crippen molar-refractivity contribution in [1.29, 1.82) is 0 Å². The number of rotatable bonds is 3. The number of carbonyl (C=O) groups excluding carboxylic acids is 2. The zero-order chi connectivity index (χ0) is 13.8. The van der Waals surface area contributed by atoms with Crippen LogP contribution in [0, 0.1) is 0 Å². The summed E-state index contributed by atoms with van der Waals surface area (Å²) >= 11 is 0. The van der Waals surface area contributed by atoms with Crippen molar-refractivity contribution in [1.82, 2.24) is 0 Å². The summed E-state index contributed by atoms with van der Waals surface area (Å²) in [6.45, 7) is 2.37. The maximum absolute atomic E-state index is 11.9. The van der Waals surface area contributed by atoms with E-state index in [1.165, 1.54) is 0 Å². The molecule has 0 bridgehead atoms. The minimum Gasteiger partial charge on any atom is -0.325 e. The van der Waals surface area contributed by atoms with Gasteiger partial charge in [0.2, 0.25) is 11.8 Å². The van der Waals surface area contributed by atoms with E-state index in [2.05, 4.69) is 5.32 Å². The summed E-state index contributed by atoms with van der Waals surface area (Å²) in [6.07, 6.45) is 2.56. The molecule has 110 valence electrons. The van der Waals surface area contributed by atoms with Gasteiger partial charge in [-0.25, -0.2) is 0 Å². The standard InChI is InChI=1S/C14H19N3O2.ClH/c1-10(15)14(19)16-11-5-4-6-12(9-11)17-8-3-2-7-13(17)18;/h4-6,9-10H,2-3,7-8,15H2,1H3,(H,16,19);1H/t10-;/m0./s1. The Bertz CT molecular complexity index is 491. The molecule has 6 heteroatoms. The molecule has 0 unspecified atom stereocenters. The second kappa shape index (κ2) is 7.26. The fourth-order valence-electron chi connectivity index (χ4n) is 2.09. The molecule has 1 aromatic rings. The number of carbonyl (C=O) groups is 2. The lowest BCUT2D eigenvalue weighted by atomic mass is 10.1. The Morgan fingerprint density at radius 2 is 2.15 bits per heavy atom. The van der Waals surface area contributed by atoms with Gasteiger partial charge in [-0.1, -0.05) is 6.07 Å². The number of hydrogen-bond donors (Lipinski definition) is 2. The fourth-order valence-corrected chi connectivity index (χ4v) is 2.09. The average molecular weight is 298 g/mol. The van der Waals surface area contributed by atoms with Crippen LogP contribution in [0.5, 0.6) is 0 Å². The van der Waals surface area contributed by atoms with Gasteiger partial charge in [-0.05, 0) is 38.0 Å². The molecule has 0 saturated carbocycles. The van der Waals surface area contributed by atoms with Crippen molar-refractivity contribution in [2.24, 2.45) is 5.73 Å². The number of amides is 2. The third-order valence-electron chi connectivity index (χ3n) is 3.16. The van der Waals surface area contributed by atoms with Crippen LogP contribution in [0.4, 0.5) is 11.4 Å². The highest BCUT2D eigenvalue weighted by atomic mass is 35.5. The molecule has 3 N–H and O–H groups in total. The molecule has 1 aliphatic rings. The second-order valence-electron chi connectivity index (χ2n) is 4.83. The van der Waals surface area contributed by atoms with Gasteiger partial charge in [0.25, 0.3) is 0 Å². The average Bonchev–Trinajstić information content (AvgIpc) is 2.39. The lowest BCUT2D eigenvalue weighted by Crippen LogP contribution is -2.35. The first-order valence-corrected chi connectivity index (χ1v) is 6.55. The molecule has 2 amide bonds. The van der Waals surface area contributed by atoms with Gasteiger partial charge in [0.15, 0.2) is 0 Å². The number of piperidine rings is 1. The van der Waals surface area contributed by atoms with E-state index in [9.17, 15) is 9.59 Å². The maximum Gasteiger partial charge on any atom is 0.240 e. The molecule has 2 rings (SSSR count). The molecule has 1 aromatic carbocycles. The number of nitrogens with zero attached hydrogens (tertiary/aromatic N) is 1. The predicted octanol–water partition coefficient (Wildman–Crippen LogP) is 1.91. The van der Waals surface area contributed by atoms with Crippen LogP contribution in [-0.4, -0.2) is 24.4 Å². The highest BCUT2D eigenvalue weighted by Gasteiger charge is 2.19. The Morgan fingerprint density at radius 3 is 2.80 bits per heavy atom. The summed E-state index contributed by atoms with van der Waals surface area (Å²) in [5, 5.41) is 2.73. The zero-order valence-electron chi connectivity index (χ0n) is 11.5. The second-order valence-corrected chi connectivity index (χ2v) is 4.83. The molecule has 0 aromatic heterocycles. The molecule has 1 saturated heterocycles. The Morgan fingerprint density at radius 1 is 1.40 bits per heavy atom. The van der Waals surface area contributed by atoms with Crippen molar-refractivity contribution in [2.45, 2.75) is 32.2 Å². The Balaban J connectivity index is 0.00000200. The van der Waals surface area contributed by atoms with Crippen LogP contribution < -0.4 is 16.0 Å². The fraction of sp³-hybridized carbons (Fsp3) is 0.429. The van der Waals surface area contributed by atoms with Crippen molar-refractivity contribution in [2.75, 3.05) is 16.8 Å². The van der Waals surface area contributed by atoms with Gasteiger partial charge in [-0.2, -0.15) is 0 Å². The van der Waals surface area contributed by atoms with Gasteiger partial charge in [-0.15, -0.1) is 12.4 Å². The predicted molar refractivity (Wildman–Crippen MR) is 82.2 cm³/mol. The monoisotopic (exact) mass is 297 g/mol. The Hall–Kier alpha value is -1.59. The van der Waals surface area contributed by atoms with E-state index in [0.29, 0.717) is 12.1 Å². The van der Waals surface area contributed by atoms with Gasteiger partial charge in [-0.3, -0.25) is 9.59 Å². The van der Waals surface area contributed by atoms with Crippen LogP contribution in [0.3, 0.4) is 0 Å². The molecule has 0 radical (unpaired) electrons. The molecular weight excluding hydrogens is 278 g/mol. The normalized spacial score (nSPS) is 16.3. The lowest BCUT2D eigenvalue weighted by Gasteiger charge is -2.27. The smallest absolute Gasteiger partial charge is 0.240 e. The molecule has 1 fully saturated rings. The lowest BCUT2D eigenvalue weighted by molar-refractivity contribution is -0.119. The first-order valence-electron chi connectivity index (χ1n) is 6.55. The Kier molecular flexibility index (Phi) is 5.98. The number of halogens is 1. The van der Waals surface area contributed by atoms with Crippen LogP contribution >= 0.6 is 12.4 Å². The molecule has 0 aliphatic carbocycles. The molecule has 5 nitrogen and oxygen atoms in total. The number of nitrogens with two attached hydrogens (primary N) is 1. The van der Waals surface area contributed by atoms with Crippen molar-refractivity contribution < 1.29 is 9.59 Å². The minimum atomic E-state index is -0.555. The van der Waals surface area contributed by atoms with Crippen LogP contribution in [-0.2, 0) is 9.59 Å². The van der Waals surface area contributed by atoms with Crippen LogP contribution in [0.1, 0.15) is 26.2 Å². The summed E-state index contributed by atoms with van der Waals surface area (Å²) < 4.78 is 0. The van der Waals surface area contributed by atoms with Gasteiger partial charge >= 0.3 is 0 Å². The third-order valence-corrected chi connectivity index (χ3v) is 3.16. The van der Waals surface area contributed by atoms with Gasteiger partial charge in [0.05, 0.1) is 6.04 Å². The van der Waals surface area contributed by atoms with E-state index in [4.69, 9.17) is 5.73 Å². The zero-order valence-corrected chi connectivity index (χ0v) is 12.3. The highest BCUT2D eigenvalue weighted by Crippen LogP contribution is 2.23. The molecule has 0 spiro atoms. The van der Waals surface area contributed by atoms with Gasteiger partial charge < -0.3 is 16.0 Å². The number of nitrogens with one attached hydrogen (secondary N) is 1. The first-order chi connectivity index (χ1) is 9.08. The molecule has 1 atom stereocenters. The van der Waals surface area contributed by atoms with E-state index >= 15 is 0 Å². The number of benzene rings is 1. The van der Waals surface area contributed by atoms with Crippen molar-refractivity contribution in [3.63, 3.8) is 0 Å². The topological polar surface area (TPSA) is 75.4 Å². The molecule has 20 heavy (non-hydrogen) atoms. The molecule has 1 aliphatic heterocycles. The SMILES string of the molecule is C[C@H](N)C(=O)Nc1cccc(N2CCCCC2=O)c1.Cl. The minimum absolute atomic E-state index is 0. The van der Waals surface area contributed by atoms with Gasteiger partial charge in [0.1, 0.15) is 0 Å². The highest BCUT2D eigenvalue weighted by molar-refractivity contribution is 5.97. The summed E-state index contributed by atoms with van der Waals surface area (Å²) in [7, 11) is 0. The number of anilines is 2. The van der Waals surface area contributed by atoms with Crippen LogP contribution in [0.2, 0.25) is 0 Å². The van der Waals surface area contributed by atoms with Crippen LogP contribution in [0.15, 0.2) is 24.3 Å². The van der Waals surface area contributed by atoms with Crippen molar-refractivity contribution in [3.8, 4) is 0 Å². The summed E-state index contributed by atoms with van der Waals surface area (Å²) in [5.41, 5.74) is 7.00. The van der Waals surface area contributed by atoms with E-state index in [-0.39, 0.29) is 24.2 Å². The van der Waals surface area contributed by atoms with Crippen LogP contribution in [0.25, 0.3) is 0 Å². The first kappa shape index (κ1) is 16.5. The summed E-state index contributed by atoms with van der Waals surface area (Å²) in [5.74, 6) is -0.0935. The van der Waals surface area contributed by atoms with Crippen molar-refractivity contribution in [3.05, 3.63) is 24.3 Å². The maximum atomic E-state index is 11.9. The Labute approximate surface area is 124 Å². The van der Waals surface area contributed by atoms with E-state index < -0.39 is 6.04 Å². The molecular formula is C14H20ClN3O2. The van der Waals surface area contributed by atoms with E-state index in [1.54, 1.807) is 17.9 Å². The number of hydrogen-bond acceptors (Lipinski definition) is 3. The molecule has 1 heterocycles. The van der Waals surface area contributed by atoms with E-state index in [1.807, 2.05) is 18.2 Å². The summed E-state index contributed by atoms with van der Waals surface area (Å²) in [6, 6.07) is 6.75. The van der Waals surface area contributed by atoms with Gasteiger partial charge in [0, 0.05) is 24.3 Å². The van der Waals surface area contributed by atoms with E-state index in [0.717, 1.165) is 25.1 Å². The largest absolute Gasteiger partial charge is 0.325 e. The summed E-state index contributed by atoms with van der Waals surface area (Å²) in [4.78, 5) is 25.2. The quantitative estimate of drug-likeness (QED) is 0.895. The third kappa shape index (κ3) is 3.95. The van der Waals surface area contributed by atoms with Crippen molar-refractivity contribution >= 4 is 35.6 Å².